The molecule has 1 heteroatoms. The maximum absolute atomic E-state index is 11.3. The number of Topliss-reactive ketones (excluding diaryl/α,β-unsaturated/α-hetero) is 1. The van der Waals surface area contributed by atoms with Crippen LogP contribution in [0.2, 0.25) is 0 Å². The Kier molecular flexibility index (Phi) is 6.15. The molecule has 0 fully saturated rings. The molecule has 0 saturated carbocycles. The average Bonchev–Trinajstić information content (AvgIpc) is 2.20. The fourth-order valence-corrected chi connectivity index (χ4v) is 1.76. The van der Waals surface area contributed by atoms with Gasteiger partial charge in [-0.05, 0) is 12.8 Å². The van der Waals surface area contributed by atoms with Crippen molar-refractivity contribution in [2.24, 2.45) is 0 Å². The highest BCUT2D eigenvalue weighted by molar-refractivity contribution is 5.80. The van der Waals surface area contributed by atoms with E-state index in [0.29, 0.717) is 12.2 Å². The average molecular weight is 192 g/mol. The molecule has 1 aliphatic rings. The zero-order chi connectivity index (χ0) is 10.1. The van der Waals surface area contributed by atoms with Crippen molar-refractivity contribution >= 4 is 5.78 Å². The molecule has 0 amide bonds. The van der Waals surface area contributed by atoms with E-state index in [9.17, 15) is 4.79 Å². The van der Waals surface area contributed by atoms with Crippen LogP contribution in [0.25, 0.3) is 0 Å². The second-order valence-electron chi connectivity index (χ2n) is 4.04. The first-order valence-corrected chi connectivity index (χ1v) is 5.87. The van der Waals surface area contributed by atoms with Crippen molar-refractivity contribution in [3.05, 3.63) is 0 Å². The van der Waals surface area contributed by atoms with E-state index < -0.39 is 0 Å². The monoisotopic (exact) mass is 192 g/mol. The Hall–Kier alpha value is -0.770. The van der Waals surface area contributed by atoms with E-state index in [0.717, 1.165) is 19.3 Å². The lowest BCUT2D eigenvalue weighted by Crippen LogP contribution is -1.95. The van der Waals surface area contributed by atoms with Crippen LogP contribution in [0.15, 0.2) is 0 Å². The Morgan fingerprint density at radius 3 is 2.21 bits per heavy atom. The third-order valence-electron chi connectivity index (χ3n) is 2.67. The number of carbonyl (C=O) groups is 1. The predicted molar refractivity (Wildman–Crippen MR) is 59.0 cm³/mol. The van der Waals surface area contributed by atoms with E-state index in [1.807, 2.05) is 0 Å². The molecule has 1 nitrogen and oxygen atoms in total. The minimum Gasteiger partial charge on any atom is -0.299 e. The molecule has 0 aromatic rings. The van der Waals surface area contributed by atoms with Crippen LogP contribution in [0.3, 0.4) is 0 Å². The molecule has 0 aromatic carbocycles. The van der Waals surface area contributed by atoms with Crippen LogP contribution in [0, 0.1) is 11.8 Å². The zero-order valence-corrected chi connectivity index (χ0v) is 8.98. The van der Waals surface area contributed by atoms with Gasteiger partial charge in [0, 0.05) is 12.8 Å². The van der Waals surface area contributed by atoms with Crippen molar-refractivity contribution < 1.29 is 4.79 Å². The molecule has 0 aliphatic heterocycles. The third kappa shape index (κ3) is 5.80. The summed E-state index contributed by atoms with van der Waals surface area (Å²) in [5.74, 6) is 6.39. The van der Waals surface area contributed by atoms with Crippen molar-refractivity contribution in [1.29, 1.82) is 0 Å². The molecule has 1 rings (SSSR count). The van der Waals surface area contributed by atoms with Crippen molar-refractivity contribution in [3.63, 3.8) is 0 Å². The Morgan fingerprint density at radius 1 is 0.786 bits per heavy atom. The molecule has 0 aromatic heterocycles. The summed E-state index contributed by atoms with van der Waals surface area (Å²) in [5, 5.41) is 0. The van der Waals surface area contributed by atoms with Gasteiger partial charge < -0.3 is 0 Å². The first-order chi connectivity index (χ1) is 6.89. The molecule has 0 unspecified atom stereocenters. The SMILES string of the molecule is O=C1CC#CCCCCCCCCC1. The van der Waals surface area contributed by atoms with E-state index in [4.69, 9.17) is 0 Å². The standard InChI is InChI=1S/C13H20O/c14-13-11-9-7-5-3-1-2-4-6-8-10-12-13/h1-7,9,11-12H2. The summed E-state index contributed by atoms with van der Waals surface area (Å²) in [6.45, 7) is 0. The van der Waals surface area contributed by atoms with Crippen molar-refractivity contribution in [3.8, 4) is 11.8 Å². The van der Waals surface area contributed by atoms with Gasteiger partial charge in [0.05, 0.1) is 6.42 Å². The van der Waals surface area contributed by atoms with Gasteiger partial charge in [-0.15, -0.1) is 5.92 Å². The fourth-order valence-electron chi connectivity index (χ4n) is 1.76. The van der Waals surface area contributed by atoms with Crippen LogP contribution in [0.1, 0.15) is 64.2 Å². The van der Waals surface area contributed by atoms with Crippen molar-refractivity contribution in [2.75, 3.05) is 0 Å². The van der Waals surface area contributed by atoms with Crippen molar-refractivity contribution in [2.45, 2.75) is 64.2 Å². The highest BCUT2D eigenvalue weighted by atomic mass is 16.1. The predicted octanol–water partition coefficient (Wildman–Crippen LogP) is 3.47. The largest absolute Gasteiger partial charge is 0.299 e. The lowest BCUT2D eigenvalue weighted by molar-refractivity contribution is -0.118. The van der Waals surface area contributed by atoms with Gasteiger partial charge in [0.2, 0.25) is 0 Å². The van der Waals surface area contributed by atoms with Crippen LogP contribution >= 0.6 is 0 Å². The normalized spacial score (nSPS) is 21.0. The van der Waals surface area contributed by atoms with Crippen LogP contribution in [0.5, 0.6) is 0 Å². The quantitative estimate of drug-likeness (QED) is 0.537. The smallest absolute Gasteiger partial charge is 0.144 e. The summed E-state index contributed by atoms with van der Waals surface area (Å²) in [6, 6.07) is 0. The number of carbonyl (C=O) groups excluding carboxylic acids is 1. The number of rotatable bonds is 0. The van der Waals surface area contributed by atoms with E-state index in [1.54, 1.807) is 0 Å². The minimum atomic E-state index is 0.330. The first kappa shape index (κ1) is 11.3. The van der Waals surface area contributed by atoms with Crippen LogP contribution in [-0.2, 0) is 4.79 Å². The number of hydrogen-bond donors (Lipinski definition) is 0. The summed E-state index contributed by atoms with van der Waals surface area (Å²) >= 11 is 0. The molecule has 0 spiro atoms. The molecule has 14 heavy (non-hydrogen) atoms. The van der Waals surface area contributed by atoms with Crippen LogP contribution in [-0.4, -0.2) is 5.78 Å². The second kappa shape index (κ2) is 7.62. The highest BCUT2D eigenvalue weighted by Gasteiger charge is 1.99. The fraction of sp³-hybridized carbons (Fsp3) is 0.769. The van der Waals surface area contributed by atoms with Gasteiger partial charge >= 0.3 is 0 Å². The second-order valence-corrected chi connectivity index (χ2v) is 4.04. The Labute approximate surface area is 87.3 Å². The van der Waals surface area contributed by atoms with E-state index in [-0.39, 0.29) is 0 Å². The summed E-state index contributed by atoms with van der Waals surface area (Å²) in [7, 11) is 0. The maximum Gasteiger partial charge on any atom is 0.144 e. The maximum atomic E-state index is 11.3. The summed E-state index contributed by atoms with van der Waals surface area (Å²) in [4.78, 5) is 11.3. The van der Waals surface area contributed by atoms with Crippen LogP contribution in [0.4, 0.5) is 0 Å². The van der Waals surface area contributed by atoms with Crippen molar-refractivity contribution in [1.82, 2.24) is 0 Å². The van der Waals surface area contributed by atoms with Gasteiger partial charge in [-0.3, -0.25) is 4.79 Å². The third-order valence-corrected chi connectivity index (χ3v) is 2.67. The lowest BCUT2D eigenvalue weighted by Gasteiger charge is -1.99. The Bertz CT molecular complexity index is 219. The van der Waals surface area contributed by atoms with Gasteiger partial charge in [-0.25, -0.2) is 0 Å². The topological polar surface area (TPSA) is 17.1 Å². The van der Waals surface area contributed by atoms with E-state index in [2.05, 4.69) is 11.8 Å². The summed E-state index contributed by atoms with van der Waals surface area (Å²) in [5.41, 5.74) is 0. The Balaban J connectivity index is 2.27. The van der Waals surface area contributed by atoms with Gasteiger partial charge in [0.1, 0.15) is 5.78 Å². The number of hydrogen-bond acceptors (Lipinski definition) is 1. The summed E-state index contributed by atoms with van der Waals surface area (Å²) < 4.78 is 0. The molecule has 78 valence electrons. The molecule has 0 N–H and O–H groups in total. The molecular formula is C13H20O. The van der Waals surface area contributed by atoms with E-state index in [1.165, 1.54) is 38.5 Å². The highest BCUT2D eigenvalue weighted by Crippen LogP contribution is 2.10. The van der Waals surface area contributed by atoms with Gasteiger partial charge in [-0.1, -0.05) is 38.0 Å². The zero-order valence-electron chi connectivity index (χ0n) is 8.98. The summed E-state index contributed by atoms with van der Waals surface area (Å²) in [6.07, 6.45) is 11.0. The number of ketones is 1. The molecule has 0 radical (unpaired) electrons. The van der Waals surface area contributed by atoms with Gasteiger partial charge in [0.15, 0.2) is 0 Å². The Morgan fingerprint density at radius 2 is 1.43 bits per heavy atom. The molecule has 0 saturated heterocycles. The van der Waals surface area contributed by atoms with Gasteiger partial charge in [-0.2, -0.15) is 0 Å². The van der Waals surface area contributed by atoms with Crippen LogP contribution < -0.4 is 0 Å². The molecule has 0 atom stereocenters. The lowest BCUT2D eigenvalue weighted by atomic mass is 10.1. The molecular weight excluding hydrogens is 172 g/mol. The first-order valence-electron chi connectivity index (χ1n) is 5.87. The molecule has 1 aliphatic carbocycles. The molecule has 0 bridgehead atoms. The van der Waals surface area contributed by atoms with E-state index >= 15 is 0 Å². The minimum absolute atomic E-state index is 0.330. The van der Waals surface area contributed by atoms with Gasteiger partial charge in [0.25, 0.3) is 0 Å². The molecule has 0 heterocycles.